The van der Waals surface area contributed by atoms with Crippen LogP contribution in [0.5, 0.6) is 5.75 Å². The van der Waals surface area contributed by atoms with E-state index in [1.807, 2.05) is 0 Å². The van der Waals surface area contributed by atoms with Crippen molar-refractivity contribution >= 4 is 62.2 Å². The van der Waals surface area contributed by atoms with Gasteiger partial charge in [0.2, 0.25) is 0 Å². The average Bonchev–Trinajstić information content (AvgIpc) is 2.66. The molecule has 1 aromatic carbocycles. The number of carboxylic acids is 1. The monoisotopic (exact) mass is 387 g/mol. The van der Waals surface area contributed by atoms with Crippen molar-refractivity contribution in [1.82, 2.24) is 4.90 Å². The van der Waals surface area contributed by atoms with Gasteiger partial charge in [-0.15, -0.1) is 0 Å². The van der Waals surface area contributed by atoms with Crippen molar-refractivity contribution in [2.24, 2.45) is 0 Å². The Balaban J connectivity index is 2.23. The standard InChI is InChI=1S/C13H10BrNO4S2/c14-8-1-2-9(16)7(5-8)6-10-12(19)15(13(20)21-10)4-3-11(17)18/h1-2,5-6,16H,3-4H2,(H,17,18)/b10-6-. The van der Waals surface area contributed by atoms with Crippen LogP contribution in [0.4, 0.5) is 0 Å². The van der Waals surface area contributed by atoms with E-state index in [2.05, 4.69) is 15.9 Å². The lowest BCUT2D eigenvalue weighted by Gasteiger charge is -2.12. The van der Waals surface area contributed by atoms with Crippen LogP contribution in [-0.2, 0) is 9.59 Å². The van der Waals surface area contributed by atoms with Gasteiger partial charge in [-0.05, 0) is 24.3 Å². The normalized spacial score (nSPS) is 16.8. The molecule has 1 fully saturated rings. The maximum absolute atomic E-state index is 12.2. The molecule has 0 radical (unpaired) electrons. The second-order valence-corrected chi connectivity index (χ2v) is 6.77. The smallest absolute Gasteiger partial charge is 0.305 e. The lowest BCUT2D eigenvalue weighted by atomic mass is 10.2. The zero-order valence-corrected chi connectivity index (χ0v) is 13.8. The highest BCUT2D eigenvalue weighted by Crippen LogP contribution is 2.34. The number of benzene rings is 1. The molecule has 21 heavy (non-hydrogen) atoms. The van der Waals surface area contributed by atoms with Crippen molar-refractivity contribution in [1.29, 1.82) is 0 Å². The molecule has 2 N–H and O–H groups in total. The van der Waals surface area contributed by atoms with Crippen molar-refractivity contribution in [3.8, 4) is 5.75 Å². The molecule has 2 rings (SSSR count). The maximum atomic E-state index is 12.2. The first kappa shape index (κ1) is 16.0. The Morgan fingerprint density at radius 1 is 1.48 bits per heavy atom. The maximum Gasteiger partial charge on any atom is 0.305 e. The number of amides is 1. The van der Waals surface area contributed by atoms with E-state index < -0.39 is 5.97 Å². The van der Waals surface area contributed by atoms with E-state index in [0.29, 0.717) is 14.8 Å². The minimum Gasteiger partial charge on any atom is -0.507 e. The third-order valence-corrected chi connectivity index (χ3v) is 4.57. The summed E-state index contributed by atoms with van der Waals surface area (Å²) >= 11 is 9.47. The molecule has 1 saturated heterocycles. The molecule has 110 valence electrons. The van der Waals surface area contributed by atoms with Gasteiger partial charge in [-0.3, -0.25) is 14.5 Å². The molecule has 0 aromatic heterocycles. The Morgan fingerprint density at radius 3 is 2.86 bits per heavy atom. The predicted molar refractivity (Wildman–Crippen MR) is 87.9 cm³/mol. The number of hydrogen-bond acceptors (Lipinski definition) is 5. The van der Waals surface area contributed by atoms with E-state index in [4.69, 9.17) is 17.3 Å². The van der Waals surface area contributed by atoms with Crippen LogP contribution < -0.4 is 0 Å². The Labute approximate surface area is 138 Å². The first-order valence-electron chi connectivity index (χ1n) is 5.84. The molecule has 0 spiro atoms. The van der Waals surface area contributed by atoms with Crippen LogP contribution in [-0.4, -0.2) is 37.9 Å². The number of hydrogen-bond donors (Lipinski definition) is 2. The number of thioether (sulfide) groups is 1. The number of thiocarbonyl (C=S) groups is 1. The molecule has 0 aliphatic carbocycles. The second kappa shape index (κ2) is 6.59. The second-order valence-electron chi connectivity index (χ2n) is 4.18. The third-order valence-electron chi connectivity index (χ3n) is 2.70. The fourth-order valence-corrected chi connectivity index (χ4v) is 3.36. The molecule has 5 nitrogen and oxygen atoms in total. The molecular weight excluding hydrogens is 378 g/mol. The SMILES string of the molecule is O=C(O)CCN1C(=O)/C(=C/c2cc(Br)ccc2O)SC1=S. The lowest BCUT2D eigenvalue weighted by molar-refractivity contribution is -0.137. The molecule has 0 atom stereocenters. The Morgan fingerprint density at radius 2 is 2.19 bits per heavy atom. The van der Waals surface area contributed by atoms with E-state index in [-0.39, 0.29) is 24.6 Å². The van der Waals surface area contributed by atoms with Crippen LogP contribution >= 0.6 is 39.9 Å². The van der Waals surface area contributed by atoms with Gasteiger partial charge in [0.15, 0.2) is 0 Å². The van der Waals surface area contributed by atoms with E-state index in [0.717, 1.165) is 16.2 Å². The highest BCUT2D eigenvalue weighted by molar-refractivity contribution is 9.10. The highest BCUT2D eigenvalue weighted by atomic mass is 79.9. The Hall–Kier alpha value is -1.38. The first-order chi connectivity index (χ1) is 9.88. The van der Waals surface area contributed by atoms with Crippen LogP contribution in [0.2, 0.25) is 0 Å². The summed E-state index contributed by atoms with van der Waals surface area (Å²) in [6.45, 7) is 0.0435. The summed E-state index contributed by atoms with van der Waals surface area (Å²) in [4.78, 5) is 24.4. The molecule has 1 aliphatic rings. The zero-order valence-electron chi connectivity index (χ0n) is 10.6. The van der Waals surface area contributed by atoms with Crippen LogP contribution in [0.15, 0.2) is 27.6 Å². The minimum absolute atomic E-state index is 0.0435. The van der Waals surface area contributed by atoms with Crippen molar-refractivity contribution in [3.63, 3.8) is 0 Å². The lowest BCUT2D eigenvalue weighted by Crippen LogP contribution is -2.30. The number of carbonyl (C=O) groups is 2. The predicted octanol–water partition coefficient (Wildman–Crippen LogP) is 2.83. The summed E-state index contributed by atoms with van der Waals surface area (Å²) in [7, 11) is 0. The highest BCUT2D eigenvalue weighted by Gasteiger charge is 2.32. The number of phenolic OH excluding ortho intramolecular Hbond substituents is 1. The molecular formula is C13H10BrNO4S2. The summed E-state index contributed by atoms with van der Waals surface area (Å²) in [5.74, 6) is -1.28. The molecule has 1 aromatic rings. The van der Waals surface area contributed by atoms with Crippen molar-refractivity contribution in [2.75, 3.05) is 6.54 Å². The van der Waals surface area contributed by atoms with Gasteiger partial charge in [-0.2, -0.15) is 0 Å². The Bertz CT molecular complexity index is 660. The molecule has 0 saturated carbocycles. The topological polar surface area (TPSA) is 77.8 Å². The van der Waals surface area contributed by atoms with Gasteiger partial charge < -0.3 is 10.2 Å². The van der Waals surface area contributed by atoms with E-state index in [9.17, 15) is 14.7 Å². The molecule has 1 heterocycles. The largest absolute Gasteiger partial charge is 0.507 e. The molecule has 1 amide bonds. The minimum atomic E-state index is -0.988. The summed E-state index contributed by atoms with van der Waals surface area (Å²) in [6, 6.07) is 4.88. The molecule has 0 unspecified atom stereocenters. The van der Waals surface area contributed by atoms with Crippen LogP contribution in [0.25, 0.3) is 6.08 Å². The molecule has 8 heteroatoms. The first-order valence-corrected chi connectivity index (χ1v) is 7.86. The van der Waals surface area contributed by atoms with Gasteiger partial charge in [0.25, 0.3) is 5.91 Å². The number of halogens is 1. The van der Waals surface area contributed by atoms with Gasteiger partial charge >= 0.3 is 5.97 Å². The number of nitrogens with zero attached hydrogens (tertiary/aromatic N) is 1. The summed E-state index contributed by atoms with van der Waals surface area (Å²) < 4.78 is 1.09. The summed E-state index contributed by atoms with van der Waals surface area (Å²) in [5, 5.41) is 18.5. The van der Waals surface area contributed by atoms with E-state index in [1.54, 1.807) is 18.2 Å². The number of aromatic hydroxyl groups is 1. The fourth-order valence-electron chi connectivity index (χ4n) is 1.68. The zero-order chi connectivity index (χ0) is 15.6. The number of carbonyl (C=O) groups excluding carboxylic acids is 1. The van der Waals surface area contributed by atoms with Crippen LogP contribution in [0.1, 0.15) is 12.0 Å². The van der Waals surface area contributed by atoms with Gasteiger partial charge in [-0.25, -0.2) is 0 Å². The summed E-state index contributed by atoms with van der Waals surface area (Å²) in [5.41, 5.74) is 0.489. The van der Waals surface area contributed by atoms with Crippen molar-refractivity contribution in [3.05, 3.63) is 33.1 Å². The van der Waals surface area contributed by atoms with E-state index in [1.165, 1.54) is 11.0 Å². The molecule has 1 aliphatic heterocycles. The number of rotatable bonds is 4. The third kappa shape index (κ3) is 3.84. The Kier molecular flexibility index (Phi) is 5.02. The fraction of sp³-hybridized carbons (Fsp3) is 0.154. The summed E-state index contributed by atoms with van der Waals surface area (Å²) in [6.07, 6.45) is 1.38. The number of aliphatic carboxylic acids is 1. The molecule has 0 bridgehead atoms. The van der Waals surface area contributed by atoms with Gasteiger partial charge in [0, 0.05) is 16.6 Å². The van der Waals surface area contributed by atoms with Gasteiger partial charge in [0.05, 0.1) is 11.3 Å². The van der Waals surface area contributed by atoms with Crippen LogP contribution in [0.3, 0.4) is 0 Å². The van der Waals surface area contributed by atoms with Gasteiger partial charge in [-0.1, -0.05) is 39.9 Å². The number of carboxylic acid groups (broad SMARTS) is 1. The van der Waals surface area contributed by atoms with E-state index >= 15 is 0 Å². The van der Waals surface area contributed by atoms with Crippen molar-refractivity contribution < 1.29 is 19.8 Å². The van der Waals surface area contributed by atoms with Crippen molar-refractivity contribution in [2.45, 2.75) is 6.42 Å². The van der Waals surface area contributed by atoms with Crippen LogP contribution in [0, 0.1) is 0 Å². The van der Waals surface area contributed by atoms with Gasteiger partial charge in [0.1, 0.15) is 10.1 Å². The number of phenols is 1. The average molecular weight is 388 g/mol. The quantitative estimate of drug-likeness (QED) is 0.610.